The predicted octanol–water partition coefficient (Wildman–Crippen LogP) is 5.21. The van der Waals surface area contributed by atoms with Gasteiger partial charge in [0.25, 0.3) is 0 Å². The Morgan fingerprint density at radius 3 is 1.96 bits per heavy atom. The normalized spacial score (nSPS) is 10.7. The fraction of sp³-hybridized carbons (Fsp3) is 0.0455. The summed E-state index contributed by atoms with van der Waals surface area (Å²) in [5, 5.41) is 0. The first kappa shape index (κ1) is 15.8. The number of ether oxygens (including phenoxy) is 1. The third-order valence-corrected chi connectivity index (χ3v) is 3.83. The van der Waals surface area contributed by atoms with Gasteiger partial charge in [-0.2, -0.15) is 0 Å². The largest absolute Gasteiger partial charge is 0.466 e. The van der Waals surface area contributed by atoms with Gasteiger partial charge >= 0.3 is 5.97 Å². The van der Waals surface area contributed by atoms with Crippen molar-refractivity contribution in [3.8, 4) is 22.3 Å². The first-order valence-corrected chi connectivity index (χ1v) is 7.79. The van der Waals surface area contributed by atoms with E-state index in [0.29, 0.717) is 0 Å². The molecular weight excluding hydrogens is 296 g/mol. The van der Waals surface area contributed by atoms with E-state index in [1.807, 2.05) is 42.5 Å². The van der Waals surface area contributed by atoms with Gasteiger partial charge in [-0.1, -0.05) is 72.8 Å². The van der Waals surface area contributed by atoms with E-state index >= 15 is 0 Å². The minimum atomic E-state index is -0.358. The molecule has 118 valence electrons. The van der Waals surface area contributed by atoms with Crippen LogP contribution in [0.2, 0.25) is 0 Å². The Kier molecular flexibility index (Phi) is 4.87. The second kappa shape index (κ2) is 7.42. The van der Waals surface area contributed by atoms with Crippen molar-refractivity contribution in [3.05, 3.63) is 90.5 Å². The number of hydrogen-bond donors (Lipinski definition) is 0. The molecule has 0 aliphatic rings. The molecule has 3 aromatic rings. The molecule has 0 spiro atoms. The highest BCUT2D eigenvalue weighted by Gasteiger charge is 2.08. The van der Waals surface area contributed by atoms with Crippen LogP contribution < -0.4 is 0 Å². The summed E-state index contributed by atoms with van der Waals surface area (Å²) in [5.41, 5.74) is 5.56. The van der Waals surface area contributed by atoms with Crippen molar-refractivity contribution in [3.63, 3.8) is 0 Å². The maximum atomic E-state index is 11.3. The Morgan fingerprint density at radius 2 is 1.38 bits per heavy atom. The van der Waals surface area contributed by atoms with Crippen LogP contribution in [0.25, 0.3) is 28.3 Å². The van der Waals surface area contributed by atoms with Crippen LogP contribution in [0.4, 0.5) is 0 Å². The fourth-order valence-corrected chi connectivity index (χ4v) is 2.62. The van der Waals surface area contributed by atoms with E-state index in [2.05, 4.69) is 41.1 Å². The molecule has 0 N–H and O–H groups in total. The molecule has 2 nitrogen and oxygen atoms in total. The predicted molar refractivity (Wildman–Crippen MR) is 98.4 cm³/mol. The Balaban J connectivity index is 2.10. The molecule has 0 aliphatic heterocycles. The molecule has 0 aromatic heterocycles. The van der Waals surface area contributed by atoms with Crippen molar-refractivity contribution in [2.45, 2.75) is 0 Å². The molecule has 0 unspecified atom stereocenters. The zero-order valence-corrected chi connectivity index (χ0v) is 13.5. The summed E-state index contributed by atoms with van der Waals surface area (Å²) < 4.78 is 4.65. The Morgan fingerprint density at radius 1 is 0.792 bits per heavy atom. The van der Waals surface area contributed by atoms with Gasteiger partial charge in [-0.15, -0.1) is 0 Å². The van der Waals surface area contributed by atoms with Crippen LogP contribution in [0.3, 0.4) is 0 Å². The van der Waals surface area contributed by atoms with Gasteiger partial charge < -0.3 is 4.74 Å². The first-order valence-electron chi connectivity index (χ1n) is 7.79. The smallest absolute Gasteiger partial charge is 0.330 e. The number of methoxy groups -OCH3 is 1. The molecule has 0 fully saturated rings. The van der Waals surface area contributed by atoms with E-state index in [1.165, 1.54) is 18.7 Å². The van der Waals surface area contributed by atoms with Crippen molar-refractivity contribution in [2.75, 3.05) is 7.11 Å². The highest BCUT2D eigenvalue weighted by Crippen LogP contribution is 2.33. The minimum absolute atomic E-state index is 0.358. The quantitative estimate of drug-likeness (QED) is 0.488. The van der Waals surface area contributed by atoms with E-state index < -0.39 is 0 Å². The van der Waals surface area contributed by atoms with Crippen molar-refractivity contribution in [2.24, 2.45) is 0 Å². The summed E-state index contributed by atoms with van der Waals surface area (Å²) in [6.45, 7) is 0. The standard InChI is InChI=1S/C22H18O2/c1-24-22(23)15-13-17-12-14-20(18-8-4-2-5-9-18)21(16-17)19-10-6-3-7-11-19/h2-16H,1H3. The summed E-state index contributed by atoms with van der Waals surface area (Å²) >= 11 is 0. The number of benzene rings is 3. The van der Waals surface area contributed by atoms with Crippen molar-refractivity contribution in [1.29, 1.82) is 0 Å². The van der Waals surface area contributed by atoms with Gasteiger partial charge in [-0.05, 0) is 40.0 Å². The maximum absolute atomic E-state index is 11.3. The fourth-order valence-electron chi connectivity index (χ4n) is 2.62. The van der Waals surface area contributed by atoms with Crippen molar-refractivity contribution < 1.29 is 9.53 Å². The third kappa shape index (κ3) is 3.61. The second-order valence-electron chi connectivity index (χ2n) is 5.39. The molecule has 0 radical (unpaired) electrons. The van der Waals surface area contributed by atoms with Gasteiger partial charge in [-0.3, -0.25) is 0 Å². The van der Waals surface area contributed by atoms with Crippen LogP contribution in [-0.2, 0) is 9.53 Å². The molecule has 0 atom stereocenters. The lowest BCUT2D eigenvalue weighted by atomic mass is 9.93. The molecule has 0 bridgehead atoms. The van der Waals surface area contributed by atoms with Gasteiger partial charge in [-0.25, -0.2) is 4.79 Å². The average Bonchev–Trinajstić information content (AvgIpc) is 2.67. The summed E-state index contributed by atoms with van der Waals surface area (Å²) in [5.74, 6) is -0.358. The summed E-state index contributed by atoms with van der Waals surface area (Å²) in [4.78, 5) is 11.3. The Hall–Kier alpha value is -3.13. The molecule has 0 saturated carbocycles. The summed E-state index contributed by atoms with van der Waals surface area (Å²) in [6.07, 6.45) is 3.21. The number of carbonyl (C=O) groups is 1. The van der Waals surface area contributed by atoms with Crippen LogP contribution in [0.5, 0.6) is 0 Å². The van der Waals surface area contributed by atoms with Crippen molar-refractivity contribution >= 4 is 12.0 Å². The average molecular weight is 314 g/mol. The maximum Gasteiger partial charge on any atom is 0.330 e. The Bertz CT molecular complexity index is 850. The second-order valence-corrected chi connectivity index (χ2v) is 5.39. The van der Waals surface area contributed by atoms with Crippen molar-refractivity contribution in [1.82, 2.24) is 0 Å². The number of carbonyl (C=O) groups excluding carboxylic acids is 1. The zero-order chi connectivity index (χ0) is 16.8. The van der Waals surface area contributed by atoms with Crippen LogP contribution in [0.15, 0.2) is 84.9 Å². The molecule has 2 heteroatoms. The SMILES string of the molecule is COC(=O)C=Cc1ccc(-c2ccccc2)c(-c2ccccc2)c1. The zero-order valence-electron chi connectivity index (χ0n) is 13.5. The van der Waals surface area contributed by atoms with Crippen LogP contribution >= 0.6 is 0 Å². The van der Waals surface area contributed by atoms with Crippen LogP contribution in [0.1, 0.15) is 5.56 Å². The lowest BCUT2D eigenvalue weighted by molar-refractivity contribution is -0.134. The van der Waals surface area contributed by atoms with Gasteiger partial charge in [0, 0.05) is 6.08 Å². The number of rotatable bonds is 4. The summed E-state index contributed by atoms with van der Waals surface area (Å²) in [7, 11) is 1.38. The third-order valence-electron chi connectivity index (χ3n) is 3.83. The number of esters is 1. The van der Waals surface area contributed by atoms with Gasteiger partial charge in [0.1, 0.15) is 0 Å². The molecule has 0 aliphatic carbocycles. The number of hydrogen-bond acceptors (Lipinski definition) is 2. The molecule has 3 aromatic carbocycles. The highest BCUT2D eigenvalue weighted by molar-refractivity contribution is 5.89. The topological polar surface area (TPSA) is 26.3 Å². The monoisotopic (exact) mass is 314 g/mol. The molecule has 0 saturated heterocycles. The summed E-state index contributed by atoms with van der Waals surface area (Å²) in [6, 6.07) is 26.7. The van der Waals surface area contributed by atoms with E-state index in [4.69, 9.17) is 0 Å². The van der Waals surface area contributed by atoms with E-state index in [-0.39, 0.29) is 5.97 Å². The molecule has 0 amide bonds. The van der Waals surface area contributed by atoms with Crippen LogP contribution in [0, 0.1) is 0 Å². The lowest BCUT2D eigenvalue weighted by Crippen LogP contribution is -1.93. The molecule has 3 rings (SSSR count). The van der Waals surface area contributed by atoms with E-state index in [9.17, 15) is 4.79 Å². The van der Waals surface area contributed by atoms with Gasteiger partial charge in [0.15, 0.2) is 0 Å². The van der Waals surface area contributed by atoms with Crippen LogP contribution in [-0.4, -0.2) is 13.1 Å². The molecule has 0 heterocycles. The van der Waals surface area contributed by atoms with Gasteiger partial charge in [0.05, 0.1) is 7.11 Å². The van der Waals surface area contributed by atoms with E-state index in [1.54, 1.807) is 6.08 Å². The first-order chi connectivity index (χ1) is 11.8. The Labute approximate surface area is 142 Å². The van der Waals surface area contributed by atoms with Gasteiger partial charge in [0.2, 0.25) is 0 Å². The molecular formula is C22H18O2. The van der Waals surface area contributed by atoms with E-state index in [0.717, 1.165) is 22.3 Å². The molecule has 24 heavy (non-hydrogen) atoms. The minimum Gasteiger partial charge on any atom is -0.466 e. The highest BCUT2D eigenvalue weighted by atomic mass is 16.5. The lowest BCUT2D eigenvalue weighted by Gasteiger charge is -2.11.